The van der Waals surface area contributed by atoms with Crippen molar-refractivity contribution in [3.8, 4) is 0 Å². The number of nitrogens with one attached hydrogen (secondary N) is 3. The molecule has 0 bridgehead atoms. The van der Waals surface area contributed by atoms with E-state index in [4.69, 9.17) is 0 Å². The van der Waals surface area contributed by atoms with Gasteiger partial charge in [0, 0.05) is 6.04 Å². The van der Waals surface area contributed by atoms with Gasteiger partial charge in [-0.3, -0.25) is 4.79 Å². The van der Waals surface area contributed by atoms with Crippen LogP contribution in [0.15, 0.2) is 53.4 Å². The molecule has 136 valence electrons. The molecular weight excluding hydrogens is 350 g/mol. The van der Waals surface area contributed by atoms with Crippen LogP contribution < -0.4 is 15.4 Å². The monoisotopic (exact) mass is 371 g/mol. The summed E-state index contributed by atoms with van der Waals surface area (Å²) in [4.78, 5) is 12.8. The lowest BCUT2D eigenvalue weighted by Gasteiger charge is -2.28. The molecule has 0 radical (unpaired) electrons. The molecule has 1 heterocycles. The maximum atomic E-state index is 12.7. The SMILES string of the molecule is O=C(NC1CCCc2ccccc2C1)C1Nc2ccccc2S(=O)(=O)N1. The number of fused-ring (bicyclic) bond motifs is 2. The van der Waals surface area contributed by atoms with Gasteiger partial charge in [0.2, 0.25) is 10.0 Å². The van der Waals surface area contributed by atoms with Gasteiger partial charge < -0.3 is 10.6 Å². The molecule has 1 aliphatic heterocycles. The smallest absolute Gasteiger partial charge is 0.258 e. The number of sulfonamides is 1. The summed E-state index contributed by atoms with van der Waals surface area (Å²) >= 11 is 0. The van der Waals surface area contributed by atoms with Crippen molar-refractivity contribution in [2.24, 2.45) is 0 Å². The lowest BCUT2D eigenvalue weighted by molar-refractivity contribution is -0.122. The van der Waals surface area contributed by atoms with Crippen LogP contribution in [0.1, 0.15) is 24.0 Å². The Bertz CT molecular complexity index is 943. The van der Waals surface area contributed by atoms with Crippen LogP contribution in [0, 0.1) is 0 Å². The minimum absolute atomic E-state index is 0.00498. The number of carbonyl (C=O) groups excluding carboxylic acids is 1. The fourth-order valence-corrected chi connectivity index (χ4v) is 4.93. The molecule has 0 saturated carbocycles. The highest BCUT2D eigenvalue weighted by molar-refractivity contribution is 7.89. The van der Waals surface area contributed by atoms with Gasteiger partial charge in [-0.15, -0.1) is 0 Å². The molecule has 0 saturated heterocycles. The van der Waals surface area contributed by atoms with E-state index in [-0.39, 0.29) is 16.8 Å². The number of carbonyl (C=O) groups is 1. The molecule has 0 spiro atoms. The van der Waals surface area contributed by atoms with Gasteiger partial charge in [0.25, 0.3) is 5.91 Å². The van der Waals surface area contributed by atoms with E-state index >= 15 is 0 Å². The minimum atomic E-state index is -3.71. The predicted molar refractivity (Wildman–Crippen MR) is 99.2 cm³/mol. The van der Waals surface area contributed by atoms with Gasteiger partial charge in [0.15, 0.2) is 6.17 Å². The molecule has 2 aliphatic rings. The first-order valence-corrected chi connectivity index (χ1v) is 10.3. The lowest BCUT2D eigenvalue weighted by Crippen LogP contribution is -2.55. The summed E-state index contributed by atoms with van der Waals surface area (Å²) in [5, 5.41) is 5.98. The highest BCUT2D eigenvalue weighted by Crippen LogP contribution is 2.25. The van der Waals surface area contributed by atoms with E-state index in [2.05, 4.69) is 27.5 Å². The lowest BCUT2D eigenvalue weighted by atomic mass is 10.0. The van der Waals surface area contributed by atoms with Crippen molar-refractivity contribution in [3.05, 3.63) is 59.7 Å². The second kappa shape index (κ2) is 6.74. The minimum Gasteiger partial charge on any atom is -0.360 e. The number of amides is 1. The van der Waals surface area contributed by atoms with Crippen LogP contribution in [0.5, 0.6) is 0 Å². The van der Waals surface area contributed by atoms with Crippen LogP contribution in [-0.2, 0) is 27.7 Å². The molecule has 26 heavy (non-hydrogen) atoms. The fourth-order valence-electron chi connectivity index (χ4n) is 3.66. The van der Waals surface area contributed by atoms with E-state index in [1.165, 1.54) is 17.2 Å². The van der Waals surface area contributed by atoms with Gasteiger partial charge in [0.05, 0.1) is 5.69 Å². The van der Waals surface area contributed by atoms with Crippen molar-refractivity contribution in [3.63, 3.8) is 0 Å². The van der Waals surface area contributed by atoms with Crippen LogP contribution >= 0.6 is 0 Å². The molecule has 0 aromatic heterocycles. The second-order valence-corrected chi connectivity index (χ2v) is 8.45. The molecule has 2 aromatic rings. The van der Waals surface area contributed by atoms with Crippen molar-refractivity contribution in [2.75, 3.05) is 5.32 Å². The number of para-hydroxylation sites is 1. The Labute approximate surface area is 153 Å². The number of benzene rings is 2. The third-order valence-corrected chi connectivity index (χ3v) is 6.42. The molecule has 6 nitrogen and oxygen atoms in total. The largest absolute Gasteiger partial charge is 0.360 e. The number of hydrogen-bond acceptors (Lipinski definition) is 4. The highest BCUT2D eigenvalue weighted by Gasteiger charge is 2.33. The molecule has 2 unspecified atom stereocenters. The molecule has 1 aliphatic carbocycles. The zero-order valence-corrected chi connectivity index (χ0v) is 15.1. The van der Waals surface area contributed by atoms with Gasteiger partial charge in [-0.25, -0.2) is 8.42 Å². The molecule has 2 atom stereocenters. The summed E-state index contributed by atoms with van der Waals surface area (Å²) in [7, 11) is -3.71. The molecule has 3 N–H and O–H groups in total. The molecular formula is C19H21N3O3S. The van der Waals surface area contributed by atoms with E-state index in [9.17, 15) is 13.2 Å². The van der Waals surface area contributed by atoms with Crippen LogP contribution in [0.25, 0.3) is 0 Å². The van der Waals surface area contributed by atoms with Gasteiger partial charge in [-0.1, -0.05) is 36.4 Å². The van der Waals surface area contributed by atoms with E-state index in [1.54, 1.807) is 18.2 Å². The molecule has 7 heteroatoms. The standard InChI is InChI=1S/C19H21N3O3S/c23-19(18-21-16-10-3-4-11-17(16)26(24,25)22-18)20-15-9-5-8-13-6-1-2-7-14(13)12-15/h1-4,6-7,10-11,15,18,21-22H,5,8-9,12H2,(H,20,23). The van der Waals surface area contributed by atoms with Crippen LogP contribution in [-0.4, -0.2) is 26.5 Å². The second-order valence-electron chi connectivity index (χ2n) is 6.77. The van der Waals surface area contributed by atoms with Crippen molar-refractivity contribution < 1.29 is 13.2 Å². The Kier molecular flexibility index (Phi) is 4.42. The van der Waals surface area contributed by atoms with E-state index in [0.717, 1.165) is 25.7 Å². The van der Waals surface area contributed by atoms with Gasteiger partial charge in [0.1, 0.15) is 4.90 Å². The van der Waals surface area contributed by atoms with E-state index < -0.39 is 16.2 Å². The Morgan fingerprint density at radius 2 is 1.77 bits per heavy atom. The average molecular weight is 371 g/mol. The zero-order chi connectivity index (χ0) is 18.1. The first-order valence-electron chi connectivity index (χ1n) is 8.78. The van der Waals surface area contributed by atoms with Gasteiger partial charge >= 0.3 is 0 Å². The number of rotatable bonds is 2. The van der Waals surface area contributed by atoms with Gasteiger partial charge in [-0.05, 0) is 48.9 Å². The molecule has 4 rings (SSSR count). The number of aryl methyl sites for hydroxylation is 1. The first-order chi connectivity index (χ1) is 12.5. The van der Waals surface area contributed by atoms with Crippen molar-refractivity contribution in [1.82, 2.24) is 10.0 Å². The van der Waals surface area contributed by atoms with Crippen molar-refractivity contribution in [2.45, 2.75) is 42.8 Å². The van der Waals surface area contributed by atoms with Gasteiger partial charge in [-0.2, -0.15) is 4.72 Å². The van der Waals surface area contributed by atoms with Crippen LogP contribution in [0.2, 0.25) is 0 Å². The van der Waals surface area contributed by atoms with Crippen LogP contribution in [0.4, 0.5) is 5.69 Å². The number of anilines is 1. The quantitative estimate of drug-likeness (QED) is 0.703. The zero-order valence-electron chi connectivity index (χ0n) is 14.2. The summed E-state index contributed by atoms with van der Waals surface area (Å²) in [6.07, 6.45) is 2.63. The summed E-state index contributed by atoms with van der Waals surface area (Å²) in [6, 6.07) is 14.8. The van der Waals surface area contributed by atoms with Crippen molar-refractivity contribution >= 4 is 21.6 Å². The van der Waals surface area contributed by atoms with E-state index in [0.29, 0.717) is 5.69 Å². The Morgan fingerprint density at radius 1 is 1.04 bits per heavy atom. The third kappa shape index (κ3) is 3.32. The maximum absolute atomic E-state index is 12.7. The van der Waals surface area contributed by atoms with Crippen molar-refractivity contribution in [1.29, 1.82) is 0 Å². The maximum Gasteiger partial charge on any atom is 0.258 e. The van der Waals surface area contributed by atoms with E-state index in [1.807, 2.05) is 12.1 Å². The molecule has 1 amide bonds. The number of hydrogen-bond donors (Lipinski definition) is 3. The third-order valence-electron chi connectivity index (χ3n) is 4.94. The Morgan fingerprint density at radius 3 is 2.62 bits per heavy atom. The predicted octanol–water partition coefficient (Wildman–Crippen LogP) is 1.78. The first kappa shape index (κ1) is 17.1. The Balaban J connectivity index is 1.49. The Hall–Kier alpha value is -2.38. The molecule has 2 aromatic carbocycles. The van der Waals surface area contributed by atoms with Crippen LogP contribution in [0.3, 0.4) is 0 Å². The average Bonchev–Trinajstić information content (AvgIpc) is 2.82. The summed E-state index contributed by atoms with van der Waals surface area (Å²) < 4.78 is 27.2. The summed E-state index contributed by atoms with van der Waals surface area (Å²) in [5.41, 5.74) is 3.02. The highest BCUT2D eigenvalue weighted by atomic mass is 32.2. The summed E-state index contributed by atoms with van der Waals surface area (Å²) in [5.74, 6) is -0.354. The normalized spacial score (nSPS) is 23.7. The topological polar surface area (TPSA) is 87.3 Å². The fraction of sp³-hybridized carbons (Fsp3) is 0.316. The molecule has 0 fully saturated rings. The summed E-state index contributed by atoms with van der Waals surface area (Å²) in [6.45, 7) is 0.